The van der Waals surface area contributed by atoms with Crippen molar-refractivity contribution in [2.24, 2.45) is 16.8 Å². The molecule has 2 aliphatic heterocycles. The zero-order valence-electron chi connectivity index (χ0n) is 8.95. The van der Waals surface area contributed by atoms with E-state index in [1.807, 2.05) is 0 Å². The quantitative estimate of drug-likeness (QED) is 0.636. The molecule has 1 saturated heterocycles. The predicted molar refractivity (Wildman–Crippen MR) is 56.0 cm³/mol. The van der Waals surface area contributed by atoms with Crippen LogP contribution in [0.5, 0.6) is 0 Å². The predicted octanol–water partition coefficient (Wildman–Crippen LogP) is 2.16. The zero-order valence-corrected chi connectivity index (χ0v) is 8.95. The maximum Gasteiger partial charge on any atom is 0.0990 e. The molecule has 0 aliphatic carbocycles. The van der Waals surface area contributed by atoms with Gasteiger partial charge in [0.1, 0.15) is 0 Å². The van der Waals surface area contributed by atoms with E-state index >= 15 is 0 Å². The van der Waals surface area contributed by atoms with Crippen molar-refractivity contribution in [3.05, 3.63) is 0 Å². The normalized spacial score (nSPS) is 32.6. The van der Waals surface area contributed by atoms with Crippen LogP contribution < -0.4 is 0 Å². The molecular formula is C11H20N2. The molecule has 74 valence electrons. The summed E-state index contributed by atoms with van der Waals surface area (Å²) in [5, 5.41) is 0. The minimum Gasteiger partial charge on any atom is -0.355 e. The van der Waals surface area contributed by atoms with Gasteiger partial charge in [0.15, 0.2) is 0 Å². The molecule has 2 aliphatic rings. The largest absolute Gasteiger partial charge is 0.355 e. The van der Waals surface area contributed by atoms with E-state index in [2.05, 4.69) is 30.7 Å². The van der Waals surface area contributed by atoms with Crippen LogP contribution in [0.1, 0.15) is 33.6 Å². The average molecular weight is 180 g/mol. The Morgan fingerprint density at radius 2 is 2.31 bits per heavy atom. The number of hydrogen-bond acceptors (Lipinski definition) is 2. The van der Waals surface area contributed by atoms with E-state index in [-0.39, 0.29) is 0 Å². The SMILES string of the molecule is CCC1=NCC2CC(C(C)C)CN12. The lowest BCUT2D eigenvalue weighted by Gasteiger charge is -2.19. The van der Waals surface area contributed by atoms with Crippen LogP contribution in [-0.4, -0.2) is 29.9 Å². The molecule has 2 unspecified atom stereocenters. The van der Waals surface area contributed by atoms with Crippen LogP contribution in [-0.2, 0) is 0 Å². The molecule has 0 spiro atoms. The van der Waals surface area contributed by atoms with E-state index in [0.29, 0.717) is 0 Å². The first kappa shape index (κ1) is 9.04. The molecule has 0 bridgehead atoms. The van der Waals surface area contributed by atoms with Crippen molar-refractivity contribution in [3.63, 3.8) is 0 Å². The molecule has 0 aromatic carbocycles. The van der Waals surface area contributed by atoms with Crippen molar-refractivity contribution in [1.82, 2.24) is 4.90 Å². The van der Waals surface area contributed by atoms with Gasteiger partial charge in [-0.05, 0) is 18.3 Å². The van der Waals surface area contributed by atoms with Crippen molar-refractivity contribution in [2.45, 2.75) is 39.7 Å². The second kappa shape index (κ2) is 3.32. The maximum atomic E-state index is 4.58. The summed E-state index contributed by atoms with van der Waals surface area (Å²) in [6.45, 7) is 9.22. The van der Waals surface area contributed by atoms with Gasteiger partial charge in [0.25, 0.3) is 0 Å². The number of hydrogen-bond donors (Lipinski definition) is 0. The van der Waals surface area contributed by atoms with Crippen LogP contribution in [0.15, 0.2) is 4.99 Å². The van der Waals surface area contributed by atoms with Gasteiger partial charge in [0, 0.05) is 13.0 Å². The fourth-order valence-corrected chi connectivity index (χ4v) is 2.54. The van der Waals surface area contributed by atoms with Gasteiger partial charge in [-0.15, -0.1) is 0 Å². The first-order valence-corrected chi connectivity index (χ1v) is 5.52. The standard InChI is InChI=1S/C11H20N2/c1-4-11-12-6-10-5-9(8(2)3)7-13(10)11/h8-10H,4-7H2,1-3H3. The topological polar surface area (TPSA) is 15.6 Å². The van der Waals surface area contributed by atoms with Gasteiger partial charge in [-0.2, -0.15) is 0 Å². The summed E-state index contributed by atoms with van der Waals surface area (Å²) in [6, 6.07) is 0.752. The number of rotatable bonds is 2. The number of fused-ring (bicyclic) bond motifs is 1. The van der Waals surface area contributed by atoms with Gasteiger partial charge < -0.3 is 4.90 Å². The monoisotopic (exact) mass is 180 g/mol. The molecule has 0 aromatic heterocycles. The van der Waals surface area contributed by atoms with Crippen LogP contribution >= 0.6 is 0 Å². The van der Waals surface area contributed by atoms with Gasteiger partial charge >= 0.3 is 0 Å². The summed E-state index contributed by atoms with van der Waals surface area (Å²) in [6.07, 6.45) is 2.48. The molecule has 2 heteroatoms. The first-order valence-electron chi connectivity index (χ1n) is 5.52. The Labute approximate surface area is 81.0 Å². The van der Waals surface area contributed by atoms with Crippen LogP contribution in [0.3, 0.4) is 0 Å². The van der Waals surface area contributed by atoms with Crippen LogP contribution in [0.25, 0.3) is 0 Å². The van der Waals surface area contributed by atoms with Gasteiger partial charge in [-0.1, -0.05) is 20.8 Å². The number of aliphatic imine (C=N–C) groups is 1. The number of nitrogens with zero attached hydrogens (tertiary/aromatic N) is 2. The van der Waals surface area contributed by atoms with E-state index in [0.717, 1.165) is 30.8 Å². The minimum atomic E-state index is 0.752. The lowest BCUT2D eigenvalue weighted by Crippen LogP contribution is -2.30. The molecular weight excluding hydrogens is 160 g/mol. The van der Waals surface area contributed by atoms with Crippen LogP contribution in [0.2, 0.25) is 0 Å². The second-order valence-corrected chi connectivity index (χ2v) is 4.66. The van der Waals surface area contributed by atoms with Gasteiger partial charge in [0.2, 0.25) is 0 Å². The second-order valence-electron chi connectivity index (χ2n) is 4.66. The van der Waals surface area contributed by atoms with Crippen molar-refractivity contribution in [1.29, 1.82) is 0 Å². The van der Waals surface area contributed by atoms with Gasteiger partial charge in [0.05, 0.1) is 18.4 Å². The van der Waals surface area contributed by atoms with Gasteiger partial charge in [-0.25, -0.2) is 0 Å². The summed E-state index contributed by atoms with van der Waals surface area (Å²) < 4.78 is 0. The smallest absolute Gasteiger partial charge is 0.0990 e. The molecule has 0 saturated carbocycles. The van der Waals surface area contributed by atoms with Crippen molar-refractivity contribution in [2.75, 3.05) is 13.1 Å². The molecule has 13 heavy (non-hydrogen) atoms. The summed E-state index contributed by atoms with van der Waals surface area (Å²) >= 11 is 0. The highest BCUT2D eigenvalue weighted by Crippen LogP contribution is 2.32. The lowest BCUT2D eigenvalue weighted by molar-refractivity contribution is 0.384. The third-order valence-electron chi connectivity index (χ3n) is 3.52. The third-order valence-corrected chi connectivity index (χ3v) is 3.52. The Morgan fingerprint density at radius 1 is 1.54 bits per heavy atom. The van der Waals surface area contributed by atoms with E-state index in [4.69, 9.17) is 0 Å². The highest BCUT2D eigenvalue weighted by molar-refractivity contribution is 5.84. The van der Waals surface area contributed by atoms with E-state index in [1.165, 1.54) is 18.8 Å². The fraction of sp³-hybridized carbons (Fsp3) is 0.909. The molecule has 0 radical (unpaired) electrons. The fourth-order valence-electron chi connectivity index (χ4n) is 2.54. The molecule has 0 aromatic rings. The molecule has 2 heterocycles. The van der Waals surface area contributed by atoms with E-state index < -0.39 is 0 Å². The van der Waals surface area contributed by atoms with Crippen molar-refractivity contribution in [3.8, 4) is 0 Å². The molecule has 2 nitrogen and oxygen atoms in total. The Hall–Kier alpha value is -0.530. The first-order chi connectivity index (χ1) is 6.22. The zero-order chi connectivity index (χ0) is 9.42. The Morgan fingerprint density at radius 3 is 2.92 bits per heavy atom. The van der Waals surface area contributed by atoms with Gasteiger partial charge in [-0.3, -0.25) is 4.99 Å². The minimum absolute atomic E-state index is 0.752. The lowest BCUT2D eigenvalue weighted by atomic mass is 9.93. The molecule has 0 N–H and O–H groups in total. The molecule has 2 atom stereocenters. The summed E-state index contributed by atoms with van der Waals surface area (Å²) in [7, 11) is 0. The average Bonchev–Trinajstić information content (AvgIpc) is 2.60. The summed E-state index contributed by atoms with van der Waals surface area (Å²) in [4.78, 5) is 7.12. The Bertz CT molecular complexity index is 220. The highest BCUT2D eigenvalue weighted by Gasteiger charge is 2.37. The molecule has 0 amide bonds. The third kappa shape index (κ3) is 1.47. The van der Waals surface area contributed by atoms with Crippen LogP contribution in [0.4, 0.5) is 0 Å². The summed E-state index contributed by atoms with van der Waals surface area (Å²) in [5.41, 5.74) is 0. The highest BCUT2D eigenvalue weighted by atomic mass is 15.3. The van der Waals surface area contributed by atoms with Crippen molar-refractivity contribution < 1.29 is 0 Å². The molecule has 2 rings (SSSR count). The van der Waals surface area contributed by atoms with E-state index in [9.17, 15) is 0 Å². The van der Waals surface area contributed by atoms with Crippen LogP contribution in [0, 0.1) is 11.8 Å². The summed E-state index contributed by atoms with van der Waals surface area (Å²) in [5.74, 6) is 3.10. The Kier molecular flexibility index (Phi) is 2.31. The van der Waals surface area contributed by atoms with E-state index in [1.54, 1.807) is 0 Å². The Balaban J connectivity index is 2.02. The van der Waals surface area contributed by atoms with Crippen molar-refractivity contribution >= 4 is 5.84 Å². The maximum absolute atomic E-state index is 4.58. The molecule has 1 fully saturated rings. The number of amidine groups is 1.